The smallest absolute Gasteiger partial charge is 0.393 e. The Morgan fingerprint density at radius 1 is 1.44 bits per heavy atom. The van der Waals surface area contributed by atoms with Crippen LogP contribution in [0.25, 0.3) is 10.4 Å². The van der Waals surface area contributed by atoms with Crippen LogP contribution in [0.3, 0.4) is 0 Å². The Hall–Kier alpha value is -0.980. The second-order valence-electron chi connectivity index (χ2n) is 3.80. The number of nitrogens with zero attached hydrogens (tertiary/aromatic N) is 4. The maximum atomic E-state index is 12.5. The van der Waals surface area contributed by atoms with Crippen molar-refractivity contribution in [2.45, 2.75) is 6.18 Å². The molecule has 0 aromatic carbocycles. The van der Waals surface area contributed by atoms with Crippen LogP contribution in [-0.4, -0.2) is 49.0 Å². The fourth-order valence-corrected chi connectivity index (χ4v) is 1.93. The van der Waals surface area contributed by atoms with Crippen molar-refractivity contribution in [1.29, 1.82) is 0 Å². The number of alkyl halides is 3. The second kappa shape index (κ2) is 5.38. The number of aliphatic hydroxyl groups is 1. The summed E-state index contributed by atoms with van der Waals surface area (Å²) in [7, 11) is 0. The number of rotatable bonds is 4. The minimum atomic E-state index is -4.28. The lowest BCUT2D eigenvalue weighted by Gasteiger charge is -2.19. The second-order valence-corrected chi connectivity index (χ2v) is 3.80. The number of hydrogen-bond acceptors (Lipinski definition) is 3. The van der Waals surface area contributed by atoms with Crippen molar-refractivity contribution in [2.24, 2.45) is 17.0 Å². The average Bonchev–Trinajstić information content (AvgIpc) is 2.61. The molecule has 0 amide bonds. The molecule has 1 rings (SSSR count). The van der Waals surface area contributed by atoms with Crippen LogP contribution in [0.2, 0.25) is 0 Å². The van der Waals surface area contributed by atoms with Gasteiger partial charge in [0.05, 0.1) is 5.92 Å². The fraction of sp³-hybridized carbons (Fsp3) is 1.00. The molecule has 0 aromatic heterocycles. The standard InChI is InChI=1S/C8H13F3N4O/c9-8(10,11)7-4-15(2-1-13-14-12)3-6(7)5-16/h6-7,16H,1-5H2/t6-,7+/m0/s1. The predicted octanol–water partition coefficient (Wildman–Crippen LogP) is 1.40. The summed E-state index contributed by atoms with van der Waals surface area (Å²) in [6, 6.07) is 0. The van der Waals surface area contributed by atoms with Crippen molar-refractivity contribution < 1.29 is 18.3 Å². The third-order valence-corrected chi connectivity index (χ3v) is 2.75. The summed E-state index contributed by atoms with van der Waals surface area (Å²) in [5.41, 5.74) is 8.04. The van der Waals surface area contributed by atoms with Crippen LogP contribution in [0.5, 0.6) is 0 Å². The maximum absolute atomic E-state index is 12.5. The van der Waals surface area contributed by atoms with Gasteiger partial charge in [-0.25, -0.2) is 0 Å². The lowest BCUT2D eigenvalue weighted by molar-refractivity contribution is -0.183. The lowest BCUT2D eigenvalue weighted by Crippen LogP contribution is -2.31. The van der Waals surface area contributed by atoms with E-state index in [1.165, 1.54) is 0 Å². The summed E-state index contributed by atoms with van der Waals surface area (Å²) in [5.74, 6) is -2.25. The molecule has 1 aliphatic heterocycles. The number of hydrogen-bond donors (Lipinski definition) is 1. The summed E-state index contributed by atoms with van der Waals surface area (Å²) in [4.78, 5) is 4.09. The number of aliphatic hydroxyl groups excluding tert-OH is 1. The molecule has 1 heterocycles. The van der Waals surface area contributed by atoms with Gasteiger partial charge in [-0.3, -0.25) is 0 Å². The van der Waals surface area contributed by atoms with E-state index in [4.69, 9.17) is 10.6 Å². The molecule has 1 aliphatic rings. The Morgan fingerprint density at radius 3 is 2.56 bits per heavy atom. The Balaban J connectivity index is 2.53. The molecule has 8 heteroatoms. The van der Waals surface area contributed by atoms with Crippen molar-refractivity contribution in [2.75, 3.05) is 32.8 Å². The molecule has 1 fully saturated rings. The largest absolute Gasteiger partial charge is 0.396 e. The summed E-state index contributed by atoms with van der Waals surface area (Å²) in [5, 5.41) is 12.1. The van der Waals surface area contributed by atoms with Gasteiger partial charge in [-0.15, -0.1) is 0 Å². The molecule has 0 bridgehead atoms. The van der Waals surface area contributed by atoms with E-state index in [0.717, 1.165) is 0 Å². The van der Waals surface area contributed by atoms with Crippen LogP contribution in [0.4, 0.5) is 13.2 Å². The first-order valence-corrected chi connectivity index (χ1v) is 4.89. The third kappa shape index (κ3) is 3.26. The van der Waals surface area contributed by atoms with Gasteiger partial charge in [-0.2, -0.15) is 13.2 Å². The quantitative estimate of drug-likeness (QED) is 0.456. The Bertz CT molecular complexity index is 277. The van der Waals surface area contributed by atoms with Gasteiger partial charge in [0.25, 0.3) is 0 Å². The molecule has 16 heavy (non-hydrogen) atoms. The summed E-state index contributed by atoms with van der Waals surface area (Å²) >= 11 is 0. The van der Waals surface area contributed by atoms with Crippen molar-refractivity contribution in [3.05, 3.63) is 10.4 Å². The number of halogens is 3. The minimum absolute atomic E-state index is 0.129. The van der Waals surface area contributed by atoms with E-state index in [1.807, 2.05) is 0 Å². The minimum Gasteiger partial charge on any atom is -0.396 e. The SMILES string of the molecule is [N-]=[N+]=NCCN1C[C@@H](CO)[C@H](C(F)(F)F)C1. The van der Waals surface area contributed by atoms with E-state index in [0.29, 0.717) is 6.54 Å². The van der Waals surface area contributed by atoms with Crippen LogP contribution >= 0.6 is 0 Å². The van der Waals surface area contributed by atoms with Crippen LogP contribution in [0.1, 0.15) is 0 Å². The highest BCUT2D eigenvalue weighted by Crippen LogP contribution is 2.37. The molecule has 0 aliphatic carbocycles. The highest BCUT2D eigenvalue weighted by atomic mass is 19.4. The maximum Gasteiger partial charge on any atom is 0.393 e. The zero-order valence-corrected chi connectivity index (χ0v) is 8.56. The Labute approximate surface area is 90.5 Å². The van der Waals surface area contributed by atoms with Gasteiger partial charge < -0.3 is 10.0 Å². The van der Waals surface area contributed by atoms with Crippen molar-refractivity contribution in [3.63, 3.8) is 0 Å². The van der Waals surface area contributed by atoms with Crippen molar-refractivity contribution in [1.82, 2.24) is 4.90 Å². The fourth-order valence-electron chi connectivity index (χ4n) is 1.93. The van der Waals surface area contributed by atoms with Crippen LogP contribution in [0.15, 0.2) is 5.11 Å². The monoisotopic (exact) mass is 238 g/mol. The van der Waals surface area contributed by atoms with Crippen LogP contribution in [0, 0.1) is 11.8 Å². The highest BCUT2D eigenvalue weighted by molar-refractivity contribution is 4.88. The zero-order chi connectivity index (χ0) is 12.2. The molecule has 1 saturated heterocycles. The molecule has 0 radical (unpaired) electrons. The first-order chi connectivity index (χ1) is 7.49. The van der Waals surface area contributed by atoms with E-state index in [9.17, 15) is 13.2 Å². The first-order valence-electron chi connectivity index (χ1n) is 4.89. The van der Waals surface area contributed by atoms with Gasteiger partial charge >= 0.3 is 6.18 Å². The molecule has 0 unspecified atom stereocenters. The number of azide groups is 1. The van der Waals surface area contributed by atoms with Gasteiger partial charge in [0.2, 0.25) is 0 Å². The molecular formula is C8H13F3N4O. The Morgan fingerprint density at radius 2 is 2.12 bits per heavy atom. The molecule has 0 spiro atoms. The van der Waals surface area contributed by atoms with E-state index >= 15 is 0 Å². The molecule has 1 N–H and O–H groups in total. The third-order valence-electron chi connectivity index (χ3n) is 2.75. The summed E-state index contributed by atoms with van der Waals surface area (Å²) in [6.07, 6.45) is -4.28. The molecule has 0 saturated carbocycles. The van der Waals surface area contributed by atoms with Gasteiger partial charge in [0.1, 0.15) is 0 Å². The highest BCUT2D eigenvalue weighted by Gasteiger charge is 2.48. The Kier molecular flexibility index (Phi) is 4.40. The van der Waals surface area contributed by atoms with Crippen LogP contribution in [-0.2, 0) is 0 Å². The zero-order valence-electron chi connectivity index (χ0n) is 8.56. The summed E-state index contributed by atoms with van der Waals surface area (Å²) < 4.78 is 37.6. The molecule has 2 atom stereocenters. The lowest BCUT2D eigenvalue weighted by atomic mass is 9.97. The summed E-state index contributed by atoms with van der Waals surface area (Å²) in [6.45, 7) is 0.0475. The van der Waals surface area contributed by atoms with E-state index in [2.05, 4.69) is 10.0 Å². The topological polar surface area (TPSA) is 72.2 Å². The van der Waals surface area contributed by atoms with Gasteiger partial charge in [-0.1, -0.05) is 5.11 Å². The van der Waals surface area contributed by atoms with Gasteiger partial charge in [-0.05, 0) is 5.53 Å². The molecular weight excluding hydrogens is 225 g/mol. The first kappa shape index (κ1) is 13.1. The van der Waals surface area contributed by atoms with Crippen LogP contribution < -0.4 is 0 Å². The molecule has 5 nitrogen and oxygen atoms in total. The normalized spacial score (nSPS) is 26.8. The van der Waals surface area contributed by atoms with E-state index < -0.39 is 24.6 Å². The van der Waals surface area contributed by atoms with Gasteiger partial charge in [0.15, 0.2) is 0 Å². The number of likely N-dealkylation sites (tertiary alicyclic amines) is 1. The molecule has 0 aromatic rings. The van der Waals surface area contributed by atoms with Crippen molar-refractivity contribution in [3.8, 4) is 0 Å². The van der Waals surface area contributed by atoms with E-state index in [-0.39, 0.29) is 19.6 Å². The van der Waals surface area contributed by atoms with E-state index in [1.54, 1.807) is 4.90 Å². The van der Waals surface area contributed by atoms with Crippen molar-refractivity contribution >= 4 is 0 Å². The molecule has 92 valence electrons. The predicted molar refractivity (Wildman–Crippen MR) is 50.6 cm³/mol. The van der Waals surface area contributed by atoms with Gasteiger partial charge in [0, 0.05) is 43.6 Å². The average molecular weight is 238 g/mol.